The summed E-state index contributed by atoms with van der Waals surface area (Å²) in [4.78, 5) is 27.3. The first-order valence-corrected chi connectivity index (χ1v) is 9.56. The van der Waals surface area contributed by atoms with Crippen molar-refractivity contribution in [3.63, 3.8) is 0 Å². The lowest BCUT2D eigenvalue weighted by molar-refractivity contribution is -0.0490. The normalized spacial score (nSPS) is 28.8. The zero-order valence-corrected chi connectivity index (χ0v) is 16.2. The van der Waals surface area contributed by atoms with Crippen LogP contribution in [0, 0.1) is 0 Å². The highest BCUT2D eigenvalue weighted by atomic mass is 16.5. The van der Waals surface area contributed by atoms with E-state index in [1.165, 1.54) is 12.5 Å². The predicted octanol–water partition coefficient (Wildman–Crippen LogP) is 3.24. The van der Waals surface area contributed by atoms with E-state index in [9.17, 15) is 14.7 Å². The van der Waals surface area contributed by atoms with Gasteiger partial charge in [-0.15, -0.1) is 0 Å². The molecule has 2 aliphatic rings. The molecule has 0 saturated carbocycles. The van der Waals surface area contributed by atoms with Gasteiger partial charge in [0, 0.05) is 42.2 Å². The van der Waals surface area contributed by atoms with Crippen LogP contribution in [0.15, 0.2) is 15.4 Å². The van der Waals surface area contributed by atoms with E-state index in [0.717, 1.165) is 12.8 Å². The lowest BCUT2D eigenvalue weighted by Gasteiger charge is -2.55. The second kappa shape index (κ2) is 6.76. The van der Waals surface area contributed by atoms with Crippen molar-refractivity contribution < 1.29 is 14.4 Å². The van der Waals surface area contributed by atoms with E-state index in [-0.39, 0.29) is 28.6 Å². The topological polar surface area (TPSA) is 89.8 Å². The maximum absolute atomic E-state index is 11.8. The summed E-state index contributed by atoms with van der Waals surface area (Å²) in [6, 6.07) is 1.38. The molecule has 1 amide bonds. The Morgan fingerprint density at radius 3 is 2.50 bits per heavy atom. The molecular formula is C19H31N3O4. The molecule has 0 bridgehead atoms. The van der Waals surface area contributed by atoms with Crippen LogP contribution in [0.3, 0.4) is 0 Å². The number of nitrogens with zero attached hydrogens (tertiary/aromatic N) is 2. The first-order chi connectivity index (χ1) is 12.1. The number of rotatable bonds is 3. The lowest BCUT2D eigenvalue weighted by atomic mass is 9.78. The lowest BCUT2D eigenvalue weighted by Crippen LogP contribution is -2.63. The van der Waals surface area contributed by atoms with Crippen LogP contribution in [0.2, 0.25) is 0 Å². The van der Waals surface area contributed by atoms with Crippen molar-refractivity contribution in [2.75, 3.05) is 13.1 Å². The van der Waals surface area contributed by atoms with E-state index >= 15 is 0 Å². The molecule has 3 heterocycles. The summed E-state index contributed by atoms with van der Waals surface area (Å²) in [7, 11) is 0. The zero-order chi connectivity index (χ0) is 19.1. The highest BCUT2D eigenvalue weighted by Crippen LogP contribution is 2.40. The van der Waals surface area contributed by atoms with Gasteiger partial charge in [0.2, 0.25) is 0 Å². The Kier molecular flexibility index (Phi) is 4.94. The molecule has 7 nitrogen and oxygen atoms in total. The Balaban J connectivity index is 1.83. The Labute approximate surface area is 154 Å². The summed E-state index contributed by atoms with van der Waals surface area (Å²) in [5.41, 5.74) is -0.158. The van der Waals surface area contributed by atoms with Crippen molar-refractivity contribution in [1.82, 2.24) is 15.0 Å². The van der Waals surface area contributed by atoms with Gasteiger partial charge in [-0.3, -0.25) is 9.69 Å². The molecule has 2 aliphatic heterocycles. The summed E-state index contributed by atoms with van der Waals surface area (Å²) >= 11 is 0. The smallest absolute Gasteiger partial charge is 0.407 e. The molecule has 2 saturated heterocycles. The van der Waals surface area contributed by atoms with Crippen LogP contribution in [0.1, 0.15) is 71.5 Å². The minimum Gasteiger partial charge on any atom is -0.465 e. The molecule has 26 heavy (non-hydrogen) atoms. The number of carbonyl (C=O) groups is 1. The second-order valence-corrected chi connectivity index (χ2v) is 9.06. The number of carboxylic acid groups (broad SMARTS) is 1. The number of aromatic amines is 1. The quantitative estimate of drug-likeness (QED) is 0.858. The monoisotopic (exact) mass is 365 g/mol. The third kappa shape index (κ3) is 3.68. The van der Waals surface area contributed by atoms with Gasteiger partial charge in [0.25, 0.3) is 5.56 Å². The fourth-order valence-corrected chi connectivity index (χ4v) is 4.98. The number of piperidine rings is 2. The molecule has 2 unspecified atom stereocenters. The van der Waals surface area contributed by atoms with Crippen molar-refractivity contribution in [3.8, 4) is 0 Å². The summed E-state index contributed by atoms with van der Waals surface area (Å²) in [5.74, 6) is 0.716. The number of amides is 1. The van der Waals surface area contributed by atoms with Crippen molar-refractivity contribution in [2.45, 2.75) is 82.8 Å². The second-order valence-electron chi connectivity index (χ2n) is 9.06. The number of H-pyrrole nitrogens is 1. The summed E-state index contributed by atoms with van der Waals surface area (Å²) in [6.07, 6.45) is 3.92. The van der Waals surface area contributed by atoms with Crippen molar-refractivity contribution in [1.29, 1.82) is 0 Å². The number of likely N-dealkylation sites (tertiary alicyclic amines) is 2. The van der Waals surface area contributed by atoms with E-state index in [2.05, 4.69) is 37.8 Å². The Hall–Kier alpha value is -1.76. The van der Waals surface area contributed by atoms with Crippen molar-refractivity contribution in [3.05, 3.63) is 22.2 Å². The first-order valence-electron chi connectivity index (χ1n) is 9.56. The van der Waals surface area contributed by atoms with Gasteiger partial charge in [0.05, 0.1) is 0 Å². The number of aromatic nitrogens is 1. The molecule has 0 radical (unpaired) electrons. The maximum Gasteiger partial charge on any atom is 0.407 e. The molecule has 2 fully saturated rings. The van der Waals surface area contributed by atoms with Crippen LogP contribution in [-0.4, -0.2) is 56.4 Å². The molecule has 0 aromatic carbocycles. The molecule has 0 aliphatic carbocycles. The van der Waals surface area contributed by atoms with Crippen LogP contribution in [-0.2, 0) is 0 Å². The average Bonchev–Trinajstić information content (AvgIpc) is 2.97. The summed E-state index contributed by atoms with van der Waals surface area (Å²) < 4.78 is 5.30. The molecule has 2 N–H and O–H groups in total. The SMILES string of the molecule is CC1(C)CCCC(C)(C)N1CC1CC(c2cc(=O)[nH]o2)CCN1C(=O)O. The van der Waals surface area contributed by atoms with E-state index < -0.39 is 6.09 Å². The molecule has 1 aromatic heterocycles. The number of hydrogen-bond donors (Lipinski definition) is 2. The van der Waals surface area contributed by atoms with Gasteiger partial charge < -0.3 is 14.5 Å². The number of hydrogen-bond acceptors (Lipinski definition) is 4. The van der Waals surface area contributed by atoms with Gasteiger partial charge >= 0.3 is 6.09 Å². The van der Waals surface area contributed by atoms with Crippen molar-refractivity contribution in [2.24, 2.45) is 0 Å². The average molecular weight is 365 g/mol. The van der Waals surface area contributed by atoms with Gasteiger partial charge in [-0.2, -0.15) is 5.16 Å². The largest absolute Gasteiger partial charge is 0.465 e. The number of nitrogens with one attached hydrogen (secondary N) is 1. The van der Waals surface area contributed by atoms with E-state index in [1.807, 2.05) is 0 Å². The van der Waals surface area contributed by atoms with E-state index in [1.54, 1.807) is 4.90 Å². The first kappa shape index (κ1) is 19.0. The predicted molar refractivity (Wildman–Crippen MR) is 98.5 cm³/mol. The Bertz CT molecular complexity index is 690. The third-order valence-corrected chi connectivity index (χ3v) is 6.34. The molecule has 7 heteroatoms. The van der Waals surface area contributed by atoms with Crippen LogP contribution in [0.4, 0.5) is 4.79 Å². The van der Waals surface area contributed by atoms with Gasteiger partial charge in [-0.05, 0) is 59.8 Å². The Morgan fingerprint density at radius 2 is 1.96 bits per heavy atom. The van der Waals surface area contributed by atoms with Gasteiger partial charge in [0.15, 0.2) is 0 Å². The molecule has 2 atom stereocenters. The summed E-state index contributed by atoms with van der Waals surface area (Å²) in [6.45, 7) is 10.2. The molecule has 0 spiro atoms. The van der Waals surface area contributed by atoms with Crippen LogP contribution in [0.25, 0.3) is 0 Å². The van der Waals surface area contributed by atoms with Crippen molar-refractivity contribution >= 4 is 6.09 Å². The van der Waals surface area contributed by atoms with Crippen LogP contribution >= 0.6 is 0 Å². The van der Waals surface area contributed by atoms with Gasteiger partial charge in [-0.25, -0.2) is 4.79 Å². The standard InChI is InChI=1S/C19H31N3O4/c1-18(2)7-5-8-19(3,4)22(18)12-14-10-13(6-9-21(14)17(24)25)15-11-16(23)20-26-15/h11,13-14H,5-10,12H2,1-4H3,(H,20,23)(H,24,25). The Morgan fingerprint density at radius 1 is 1.31 bits per heavy atom. The highest BCUT2D eigenvalue weighted by molar-refractivity contribution is 5.65. The molecule has 3 rings (SSSR count). The molecular weight excluding hydrogens is 334 g/mol. The fourth-order valence-electron chi connectivity index (χ4n) is 4.98. The third-order valence-electron chi connectivity index (χ3n) is 6.34. The van der Waals surface area contributed by atoms with Crippen LogP contribution in [0.5, 0.6) is 0 Å². The van der Waals surface area contributed by atoms with E-state index in [0.29, 0.717) is 31.7 Å². The highest BCUT2D eigenvalue weighted by Gasteiger charge is 2.44. The maximum atomic E-state index is 11.8. The fraction of sp³-hybridized carbons (Fsp3) is 0.789. The van der Waals surface area contributed by atoms with Crippen LogP contribution < -0.4 is 5.56 Å². The minimum absolute atomic E-state index is 0.0412. The van der Waals surface area contributed by atoms with Gasteiger partial charge in [0.1, 0.15) is 5.76 Å². The van der Waals surface area contributed by atoms with E-state index in [4.69, 9.17) is 4.52 Å². The van der Waals surface area contributed by atoms with Gasteiger partial charge in [-0.1, -0.05) is 0 Å². The summed E-state index contributed by atoms with van der Waals surface area (Å²) in [5, 5.41) is 12.0. The minimum atomic E-state index is -0.864. The zero-order valence-electron chi connectivity index (χ0n) is 16.2. The molecule has 146 valence electrons. The molecule has 1 aromatic rings.